The molecule has 9 heteroatoms. The Morgan fingerprint density at radius 3 is 2.33 bits per heavy atom. The molecule has 4 rings (SSSR count). The summed E-state index contributed by atoms with van der Waals surface area (Å²) in [5.74, 6) is -4.01. The van der Waals surface area contributed by atoms with Gasteiger partial charge in [0.05, 0.1) is 30.5 Å². The lowest BCUT2D eigenvalue weighted by Gasteiger charge is -2.37. The van der Waals surface area contributed by atoms with Gasteiger partial charge in [0.2, 0.25) is 0 Å². The number of ether oxygens (including phenoxy) is 1. The molecular weight excluding hydrogens is 582 g/mol. The van der Waals surface area contributed by atoms with E-state index in [2.05, 4.69) is 21.2 Å². The average molecular weight is 611 g/mol. The fourth-order valence-corrected chi connectivity index (χ4v) is 5.16. The molecule has 0 saturated carbocycles. The molecule has 0 aliphatic carbocycles. The lowest BCUT2D eigenvalue weighted by molar-refractivity contribution is -0.151. The van der Waals surface area contributed by atoms with Crippen LogP contribution in [0.25, 0.3) is 5.70 Å². The minimum atomic E-state index is -1.15. The van der Waals surface area contributed by atoms with E-state index in [1.54, 1.807) is 43.3 Å². The van der Waals surface area contributed by atoms with Gasteiger partial charge in [0.25, 0.3) is 5.78 Å². The molecule has 3 aromatic rings. The molecule has 1 aliphatic heterocycles. The van der Waals surface area contributed by atoms with Gasteiger partial charge in [-0.25, -0.2) is 18.4 Å². The largest absolute Gasteiger partial charge is 0.460 e. The topological polar surface area (TPSA) is 75.7 Å². The Labute approximate surface area is 240 Å². The van der Waals surface area contributed by atoms with Crippen LogP contribution < -0.4 is 5.32 Å². The molecule has 208 valence electrons. The van der Waals surface area contributed by atoms with Crippen LogP contribution in [-0.2, 0) is 26.3 Å². The van der Waals surface area contributed by atoms with Crippen LogP contribution in [0.4, 0.5) is 13.6 Å². The molecule has 0 bridgehead atoms. The number of benzene rings is 3. The number of carbonyl (C=O) groups excluding carboxylic acids is 3. The maximum Gasteiger partial charge on any atom is 0.379 e. The van der Waals surface area contributed by atoms with Crippen LogP contribution in [0.3, 0.4) is 0 Å². The molecule has 1 aliphatic rings. The zero-order valence-corrected chi connectivity index (χ0v) is 24.1. The molecule has 0 fully saturated rings. The number of esters is 1. The lowest BCUT2D eigenvalue weighted by atomic mass is 9.84. The van der Waals surface area contributed by atoms with E-state index in [1.807, 2.05) is 32.9 Å². The summed E-state index contributed by atoms with van der Waals surface area (Å²) in [6.45, 7) is 7.59. The standard InChI is InChI=1S/C31H29BrF2N2O4/c1-5-40-29(38)28(37)25-26(21-13-11-19(15-23(21)32)31(2,3)4)35-30(39)36(17-18-9-7-6-8-10-18)27(25)22-14-12-20(33)16-24(22)34/h6-16,26H,5,17H2,1-4H3,(H,35,39). The van der Waals surface area contributed by atoms with E-state index >= 15 is 4.39 Å². The number of nitrogens with zero attached hydrogens (tertiary/aromatic N) is 1. The van der Waals surface area contributed by atoms with Gasteiger partial charge in [0.15, 0.2) is 0 Å². The average Bonchev–Trinajstić information content (AvgIpc) is 2.89. The monoisotopic (exact) mass is 610 g/mol. The first-order valence-electron chi connectivity index (χ1n) is 12.7. The Morgan fingerprint density at radius 2 is 1.73 bits per heavy atom. The van der Waals surface area contributed by atoms with E-state index in [9.17, 15) is 18.8 Å². The molecule has 1 atom stereocenters. The van der Waals surface area contributed by atoms with E-state index in [4.69, 9.17) is 4.74 Å². The minimum Gasteiger partial charge on any atom is -0.460 e. The molecule has 1 heterocycles. The fourth-order valence-electron chi connectivity index (χ4n) is 4.55. The van der Waals surface area contributed by atoms with E-state index in [-0.39, 0.29) is 35.4 Å². The summed E-state index contributed by atoms with van der Waals surface area (Å²) in [6.07, 6.45) is 0. The highest BCUT2D eigenvalue weighted by Gasteiger charge is 2.42. The second kappa shape index (κ2) is 11.7. The van der Waals surface area contributed by atoms with Crippen molar-refractivity contribution in [3.05, 3.63) is 111 Å². The molecule has 0 saturated heterocycles. The normalized spacial score (nSPS) is 15.6. The van der Waals surface area contributed by atoms with Gasteiger partial charge in [-0.1, -0.05) is 79.2 Å². The van der Waals surface area contributed by atoms with Crippen LogP contribution in [-0.4, -0.2) is 29.3 Å². The number of amides is 2. The van der Waals surface area contributed by atoms with Crippen LogP contribution in [0.5, 0.6) is 0 Å². The zero-order chi connectivity index (χ0) is 29.2. The minimum absolute atomic E-state index is 0.0463. The van der Waals surface area contributed by atoms with Gasteiger partial charge in [-0.2, -0.15) is 0 Å². The SMILES string of the molecule is CCOC(=O)C(=O)C1=C(c2ccc(F)cc2F)N(Cc2ccccc2)C(=O)NC1c1ccc(C(C)(C)C)cc1Br. The number of nitrogens with one attached hydrogen (secondary N) is 1. The van der Waals surface area contributed by atoms with Crippen molar-refractivity contribution in [3.8, 4) is 0 Å². The number of hydrogen-bond donors (Lipinski definition) is 1. The van der Waals surface area contributed by atoms with Crippen molar-refractivity contribution in [1.82, 2.24) is 10.2 Å². The van der Waals surface area contributed by atoms with Crippen molar-refractivity contribution in [1.29, 1.82) is 0 Å². The van der Waals surface area contributed by atoms with Crippen molar-refractivity contribution in [2.24, 2.45) is 0 Å². The number of carbonyl (C=O) groups is 3. The van der Waals surface area contributed by atoms with Gasteiger partial charge in [0, 0.05) is 16.1 Å². The number of halogens is 3. The Hall–Kier alpha value is -3.85. The van der Waals surface area contributed by atoms with Gasteiger partial charge in [-0.15, -0.1) is 0 Å². The summed E-state index contributed by atoms with van der Waals surface area (Å²) in [5, 5.41) is 2.83. The first-order valence-corrected chi connectivity index (χ1v) is 13.5. The molecule has 2 amide bonds. The molecular formula is C31H29BrF2N2O4. The van der Waals surface area contributed by atoms with E-state index in [0.717, 1.165) is 17.7 Å². The second-order valence-corrected chi connectivity index (χ2v) is 11.2. The maximum atomic E-state index is 15.4. The van der Waals surface area contributed by atoms with Gasteiger partial charge < -0.3 is 10.1 Å². The van der Waals surface area contributed by atoms with Crippen LogP contribution in [0.15, 0.2) is 76.8 Å². The van der Waals surface area contributed by atoms with E-state index in [0.29, 0.717) is 21.7 Å². The van der Waals surface area contributed by atoms with Gasteiger partial charge in [0.1, 0.15) is 11.6 Å². The first kappa shape index (κ1) is 29.1. The third-order valence-corrected chi connectivity index (χ3v) is 7.27. The number of urea groups is 1. The van der Waals surface area contributed by atoms with Crippen molar-refractivity contribution in [2.75, 3.05) is 6.61 Å². The number of ketones is 1. The summed E-state index contributed by atoms with van der Waals surface area (Å²) in [4.78, 5) is 41.5. The summed E-state index contributed by atoms with van der Waals surface area (Å²) in [5.41, 5.74) is 1.44. The third-order valence-electron chi connectivity index (χ3n) is 6.58. The van der Waals surface area contributed by atoms with Crippen molar-refractivity contribution in [2.45, 2.75) is 45.7 Å². The predicted molar refractivity (Wildman–Crippen MR) is 151 cm³/mol. The van der Waals surface area contributed by atoms with Gasteiger partial charge >= 0.3 is 12.0 Å². The van der Waals surface area contributed by atoms with Gasteiger partial charge in [-0.3, -0.25) is 9.69 Å². The second-order valence-electron chi connectivity index (χ2n) is 10.4. The van der Waals surface area contributed by atoms with Crippen molar-refractivity contribution < 1.29 is 27.9 Å². The quantitative estimate of drug-likeness (QED) is 0.235. The third kappa shape index (κ3) is 5.99. The van der Waals surface area contributed by atoms with Crippen LogP contribution in [0.1, 0.15) is 56.0 Å². The number of rotatable bonds is 7. The van der Waals surface area contributed by atoms with Crippen LogP contribution >= 0.6 is 15.9 Å². The Bertz CT molecular complexity index is 1500. The Balaban J connectivity index is 2.02. The summed E-state index contributed by atoms with van der Waals surface area (Å²) >= 11 is 3.57. The number of Topliss-reactive ketones (excluding diaryl/α,β-unsaturated/α-hetero) is 1. The molecule has 6 nitrogen and oxygen atoms in total. The Kier molecular flexibility index (Phi) is 8.54. The fraction of sp³-hybridized carbons (Fsp3) is 0.258. The summed E-state index contributed by atoms with van der Waals surface area (Å²) in [6, 6.07) is 15.5. The molecule has 1 N–H and O–H groups in total. The zero-order valence-electron chi connectivity index (χ0n) is 22.6. The van der Waals surface area contributed by atoms with Crippen molar-refractivity contribution >= 4 is 39.4 Å². The first-order chi connectivity index (χ1) is 18.9. The highest BCUT2D eigenvalue weighted by Crippen LogP contribution is 2.41. The summed E-state index contributed by atoms with van der Waals surface area (Å²) < 4.78 is 34.9. The van der Waals surface area contributed by atoms with Crippen molar-refractivity contribution in [3.63, 3.8) is 0 Å². The lowest BCUT2D eigenvalue weighted by Crippen LogP contribution is -2.48. The maximum absolute atomic E-state index is 15.4. The molecule has 0 aromatic heterocycles. The van der Waals surface area contributed by atoms with E-state index in [1.165, 1.54) is 4.90 Å². The highest BCUT2D eigenvalue weighted by atomic mass is 79.9. The predicted octanol–water partition coefficient (Wildman–Crippen LogP) is 6.83. The Morgan fingerprint density at radius 1 is 1.02 bits per heavy atom. The molecule has 0 radical (unpaired) electrons. The smallest absolute Gasteiger partial charge is 0.379 e. The number of hydrogen-bond acceptors (Lipinski definition) is 4. The molecule has 3 aromatic carbocycles. The summed E-state index contributed by atoms with van der Waals surface area (Å²) in [7, 11) is 0. The molecule has 0 spiro atoms. The molecule has 40 heavy (non-hydrogen) atoms. The van der Waals surface area contributed by atoms with Crippen LogP contribution in [0.2, 0.25) is 0 Å². The van der Waals surface area contributed by atoms with Crippen LogP contribution in [0, 0.1) is 11.6 Å². The molecule has 1 unspecified atom stereocenters. The van der Waals surface area contributed by atoms with E-state index < -0.39 is 35.5 Å². The highest BCUT2D eigenvalue weighted by molar-refractivity contribution is 9.10. The van der Waals surface area contributed by atoms with Gasteiger partial charge in [-0.05, 0) is 47.2 Å².